The highest BCUT2D eigenvalue weighted by atomic mass is 79.9. The zero-order valence-corrected chi connectivity index (χ0v) is 14.7. The lowest BCUT2D eigenvalue weighted by molar-refractivity contribution is 0.628. The van der Waals surface area contributed by atoms with E-state index in [-0.39, 0.29) is 5.82 Å². The van der Waals surface area contributed by atoms with Crippen molar-refractivity contribution >= 4 is 33.5 Å². The number of thiazole rings is 1. The van der Waals surface area contributed by atoms with Crippen LogP contribution in [0, 0.1) is 5.82 Å². The van der Waals surface area contributed by atoms with Gasteiger partial charge in [-0.2, -0.15) is 5.10 Å². The van der Waals surface area contributed by atoms with E-state index in [0.29, 0.717) is 0 Å². The topological polar surface area (TPSA) is 29.6 Å². The maximum Gasteiger partial charge on any atom is 0.205 e. The molecule has 0 radical (unpaired) electrons. The normalized spacial score (nSPS) is 12.2. The zero-order valence-electron chi connectivity index (χ0n) is 12.3. The van der Waals surface area contributed by atoms with Crippen LogP contribution in [0.2, 0.25) is 0 Å². The van der Waals surface area contributed by atoms with Crippen LogP contribution in [-0.4, -0.2) is 17.9 Å². The van der Waals surface area contributed by atoms with Gasteiger partial charge in [-0.05, 0) is 23.8 Å². The molecule has 0 amide bonds. The molecule has 0 bridgehead atoms. The van der Waals surface area contributed by atoms with Gasteiger partial charge in [0, 0.05) is 22.5 Å². The zero-order chi connectivity index (χ0) is 16.2. The SMILES string of the molecule is CN=c1scc(-c2ccccc2Br)n1/N=C\c1ccc(F)cc1. The number of hydrogen-bond donors (Lipinski definition) is 0. The highest BCUT2D eigenvalue weighted by Gasteiger charge is 2.09. The van der Waals surface area contributed by atoms with Gasteiger partial charge >= 0.3 is 0 Å². The number of nitrogens with zero attached hydrogens (tertiary/aromatic N) is 3. The van der Waals surface area contributed by atoms with Gasteiger partial charge < -0.3 is 0 Å². The smallest absolute Gasteiger partial charge is 0.205 e. The molecule has 0 atom stereocenters. The predicted molar refractivity (Wildman–Crippen MR) is 96.3 cm³/mol. The molecule has 1 heterocycles. The Bertz CT molecular complexity index is 910. The summed E-state index contributed by atoms with van der Waals surface area (Å²) >= 11 is 5.09. The van der Waals surface area contributed by atoms with Gasteiger partial charge in [-0.15, -0.1) is 11.3 Å². The number of aromatic nitrogens is 1. The van der Waals surface area contributed by atoms with Gasteiger partial charge in [-0.25, -0.2) is 9.07 Å². The molecule has 2 aromatic carbocycles. The molecule has 23 heavy (non-hydrogen) atoms. The van der Waals surface area contributed by atoms with Crippen LogP contribution in [0.25, 0.3) is 11.3 Å². The van der Waals surface area contributed by atoms with E-state index in [1.54, 1.807) is 30.1 Å². The number of hydrogen-bond acceptors (Lipinski definition) is 3. The van der Waals surface area contributed by atoms with Gasteiger partial charge in [-0.1, -0.05) is 46.3 Å². The van der Waals surface area contributed by atoms with Crippen molar-refractivity contribution in [2.45, 2.75) is 0 Å². The summed E-state index contributed by atoms with van der Waals surface area (Å²) in [5, 5.41) is 6.54. The molecule has 0 unspecified atom stereocenters. The van der Waals surface area contributed by atoms with Crippen molar-refractivity contribution in [2.75, 3.05) is 7.05 Å². The fraction of sp³-hybridized carbons (Fsp3) is 0.0588. The van der Waals surface area contributed by atoms with Gasteiger partial charge in [0.2, 0.25) is 4.80 Å². The van der Waals surface area contributed by atoms with Crippen LogP contribution >= 0.6 is 27.3 Å². The average Bonchev–Trinajstić information content (AvgIpc) is 2.97. The molecule has 0 aliphatic rings. The van der Waals surface area contributed by atoms with Crippen LogP contribution in [0.15, 0.2) is 68.5 Å². The molecule has 0 saturated carbocycles. The number of benzene rings is 2. The number of rotatable bonds is 3. The van der Waals surface area contributed by atoms with E-state index in [4.69, 9.17) is 0 Å². The monoisotopic (exact) mass is 389 g/mol. The molecule has 3 nitrogen and oxygen atoms in total. The van der Waals surface area contributed by atoms with E-state index >= 15 is 0 Å². The molecule has 1 aromatic heterocycles. The van der Waals surface area contributed by atoms with Crippen LogP contribution < -0.4 is 4.80 Å². The van der Waals surface area contributed by atoms with E-state index in [1.165, 1.54) is 23.5 Å². The molecule has 0 saturated heterocycles. The first-order chi connectivity index (χ1) is 11.2. The minimum Gasteiger partial charge on any atom is -0.261 e. The van der Waals surface area contributed by atoms with E-state index in [0.717, 1.165) is 26.1 Å². The Morgan fingerprint density at radius 1 is 1.13 bits per heavy atom. The van der Waals surface area contributed by atoms with Crippen molar-refractivity contribution in [2.24, 2.45) is 10.1 Å². The average molecular weight is 390 g/mol. The third-order valence-corrected chi connectivity index (χ3v) is 4.82. The van der Waals surface area contributed by atoms with Crippen molar-refractivity contribution < 1.29 is 4.39 Å². The molecular weight excluding hydrogens is 377 g/mol. The molecule has 0 aliphatic carbocycles. The largest absolute Gasteiger partial charge is 0.261 e. The first-order valence-electron chi connectivity index (χ1n) is 6.87. The standard InChI is InChI=1S/C17H13BrFN3S/c1-20-17-22(21-10-12-6-8-13(19)9-7-12)16(11-23-17)14-4-2-3-5-15(14)18/h2-11H,1H3/b20-17?,21-10-. The Morgan fingerprint density at radius 3 is 2.57 bits per heavy atom. The second-order valence-corrected chi connectivity index (χ2v) is 6.41. The van der Waals surface area contributed by atoms with E-state index < -0.39 is 0 Å². The minimum atomic E-state index is -0.261. The van der Waals surface area contributed by atoms with Crippen molar-refractivity contribution in [1.29, 1.82) is 0 Å². The maximum absolute atomic E-state index is 13.0. The van der Waals surface area contributed by atoms with E-state index in [1.807, 2.05) is 29.6 Å². The van der Waals surface area contributed by atoms with Crippen molar-refractivity contribution in [3.05, 3.63) is 74.6 Å². The predicted octanol–water partition coefficient (Wildman–Crippen LogP) is 4.53. The Balaban J connectivity index is 2.07. The van der Waals surface area contributed by atoms with Gasteiger partial charge in [0.15, 0.2) is 0 Å². The van der Waals surface area contributed by atoms with Crippen LogP contribution in [-0.2, 0) is 0 Å². The summed E-state index contributed by atoms with van der Waals surface area (Å²) in [5.41, 5.74) is 2.81. The fourth-order valence-electron chi connectivity index (χ4n) is 2.09. The van der Waals surface area contributed by atoms with Gasteiger partial charge in [0.1, 0.15) is 5.82 Å². The highest BCUT2D eigenvalue weighted by Crippen LogP contribution is 2.28. The lowest BCUT2D eigenvalue weighted by Crippen LogP contribution is -2.11. The minimum absolute atomic E-state index is 0.261. The van der Waals surface area contributed by atoms with Gasteiger partial charge in [0.05, 0.1) is 11.9 Å². The third kappa shape index (κ3) is 3.48. The molecule has 116 valence electrons. The molecule has 0 fully saturated rings. The van der Waals surface area contributed by atoms with E-state index in [9.17, 15) is 4.39 Å². The molecule has 0 N–H and O–H groups in total. The lowest BCUT2D eigenvalue weighted by atomic mass is 10.2. The fourth-order valence-corrected chi connectivity index (χ4v) is 3.37. The van der Waals surface area contributed by atoms with Crippen molar-refractivity contribution in [3.8, 4) is 11.3 Å². The van der Waals surface area contributed by atoms with Crippen LogP contribution in [0.3, 0.4) is 0 Å². The summed E-state index contributed by atoms with van der Waals surface area (Å²) in [5.74, 6) is -0.261. The first-order valence-corrected chi connectivity index (χ1v) is 8.54. The summed E-state index contributed by atoms with van der Waals surface area (Å²) in [6.45, 7) is 0. The second-order valence-electron chi connectivity index (χ2n) is 4.71. The highest BCUT2D eigenvalue weighted by molar-refractivity contribution is 9.10. The Labute approximate surface area is 145 Å². The van der Waals surface area contributed by atoms with Crippen molar-refractivity contribution in [1.82, 2.24) is 4.68 Å². The van der Waals surface area contributed by atoms with Crippen molar-refractivity contribution in [3.63, 3.8) is 0 Å². The lowest BCUT2D eigenvalue weighted by Gasteiger charge is -2.05. The third-order valence-electron chi connectivity index (χ3n) is 3.22. The maximum atomic E-state index is 13.0. The van der Waals surface area contributed by atoms with Crippen LogP contribution in [0.4, 0.5) is 4.39 Å². The summed E-state index contributed by atoms with van der Waals surface area (Å²) in [6, 6.07) is 14.2. The quantitative estimate of drug-likeness (QED) is 0.589. The molecule has 0 spiro atoms. The summed E-state index contributed by atoms with van der Waals surface area (Å²) in [4.78, 5) is 5.05. The molecule has 6 heteroatoms. The van der Waals surface area contributed by atoms with E-state index in [2.05, 4.69) is 26.0 Å². The van der Waals surface area contributed by atoms with Crippen LogP contribution in [0.1, 0.15) is 5.56 Å². The summed E-state index contributed by atoms with van der Waals surface area (Å²) < 4.78 is 15.8. The molecule has 3 aromatic rings. The molecule has 3 rings (SSSR count). The second kappa shape index (κ2) is 7.02. The summed E-state index contributed by atoms with van der Waals surface area (Å²) in [6.07, 6.45) is 1.70. The van der Waals surface area contributed by atoms with Gasteiger partial charge in [-0.3, -0.25) is 4.99 Å². The van der Waals surface area contributed by atoms with Crippen LogP contribution in [0.5, 0.6) is 0 Å². The Morgan fingerprint density at radius 2 is 1.87 bits per heavy atom. The van der Waals surface area contributed by atoms with Gasteiger partial charge in [0.25, 0.3) is 0 Å². The Hall–Kier alpha value is -2.05. The Kier molecular flexibility index (Phi) is 4.83. The summed E-state index contributed by atoms with van der Waals surface area (Å²) in [7, 11) is 1.74. The number of halogens is 2. The molecular formula is C17H13BrFN3S. The molecule has 0 aliphatic heterocycles. The first kappa shape index (κ1) is 15.8.